The van der Waals surface area contributed by atoms with Gasteiger partial charge in [0.2, 0.25) is 0 Å². The number of aryl methyl sites for hydroxylation is 1. The van der Waals surface area contributed by atoms with Gasteiger partial charge in [0.25, 0.3) is 0 Å². The third-order valence-corrected chi connectivity index (χ3v) is 4.22. The number of hydrogen-bond donors (Lipinski definition) is 1. The number of carbonyl (C=O) groups excluding carboxylic acids is 1. The maximum atomic E-state index is 12.5. The third kappa shape index (κ3) is 2.68. The van der Waals surface area contributed by atoms with Gasteiger partial charge in [-0.25, -0.2) is 0 Å². The molecular weight excluding hydrogens is 312 g/mol. The average Bonchev–Trinajstić information content (AvgIpc) is 2.60. The van der Waals surface area contributed by atoms with Gasteiger partial charge in [-0.3, -0.25) is 4.79 Å². The number of ether oxygens (including phenoxy) is 4. The van der Waals surface area contributed by atoms with Gasteiger partial charge < -0.3 is 24.1 Å². The van der Waals surface area contributed by atoms with Crippen LogP contribution in [0.3, 0.4) is 0 Å². The zero-order valence-electron chi connectivity index (χ0n) is 13.9. The molecule has 0 aliphatic heterocycles. The monoisotopic (exact) mass is 332 g/mol. The maximum absolute atomic E-state index is 12.5. The van der Waals surface area contributed by atoms with Gasteiger partial charge in [-0.1, -0.05) is 0 Å². The number of aliphatic hydroxyl groups excluding tert-OH is 1. The molecule has 1 aliphatic carbocycles. The highest BCUT2D eigenvalue weighted by molar-refractivity contribution is 6.10. The van der Waals surface area contributed by atoms with Crippen LogP contribution >= 0.6 is 0 Å². The van der Waals surface area contributed by atoms with Crippen molar-refractivity contribution in [3.05, 3.63) is 29.3 Å². The van der Waals surface area contributed by atoms with E-state index in [1.54, 1.807) is 13.2 Å². The summed E-state index contributed by atoms with van der Waals surface area (Å²) in [5.74, 6) is 1.24. The molecule has 2 aromatic carbocycles. The minimum Gasteiger partial charge on any atom is -0.497 e. The first-order valence-electron chi connectivity index (χ1n) is 7.66. The summed E-state index contributed by atoms with van der Waals surface area (Å²) in [5, 5.41) is 11.4. The molecule has 6 nitrogen and oxygen atoms in total. The van der Waals surface area contributed by atoms with Crippen molar-refractivity contribution in [2.75, 3.05) is 28.1 Å². The topological polar surface area (TPSA) is 74.2 Å². The molecule has 1 N–H and O–H groups in total. The van der Waals surface area contributed by atoms with Crippen LogP contribution in [0.2, 0.25) is 0 Å². The van der Waals surface area contributed by atoms with Gasteiger partial charge in [-0.05, 0) is 35.9 Å². The maximum Gasteiger partial charge on any atom is 0.195 e. The second-order valence-electron chi connectivity index (χ2n) is 5.64. The zero-order chi connectivity index (χ0) is 17.3. The van der Waals surface area contributed by atoms with Gasteiger partial charge in [0.1, 0.15) is 23.4 Å². The largest absolute Gasteiger partial charge is 0.497 e. The molecule has 0 radical (unpaired) electrons. The highest BCUT2D eigenvalue weighted by atomic mass is 16.7. The zero-order valence-corrected chi connectivity index (χ0v) is 13.9. The van der Waals surface area contributed by atoms with Crippen molar-refractivity contribution in [1.82, 2.24) is 0 Å². The SMILES string of the molecule is COCOc1cc(OC)cc2cc3c(c(OC)c12)C(=O)C(O)CC3. The van der Waals surface area contributed by atoms with Crippen LogP contribution in [0, 0.1) is 0 Å². The van der Waals surface area contributed by atoms with Crippen LogP contribution in [-0.4, -0.2) is 45.1 Å². The highest BCUT2D eigenvalue weighted by Gasteiger charge is 2.31. The second-order valence-corrected chi connectivity index (χ2v) is 5.64. The molecule has 0 saturated carbocycles. The molecule has 0 aromatic heterocycles. The first-order chi connectivity index (χ1) is 11.6. The van der Waals surface area contributed by atoms with Crippen molar-refractivity contribution in [2.24, 2.45) is 0 Å². The summed E-state index contributed by atoms with van der Waals surface area (Å²) < 4.78 is 21.5. The van der Waals surface area contributed by atoms with E-state index in [0.717, 1.165) is 10.9 Å². The molecule has 6 heteroatoms. The van der Waals surface area contributed by atoms with Crippen LogP contribution in [0.5, 0.6) is 17.2 Å². The fourth-order valence-electron chi connectivity index (χ4n) is 3.11. The summed E-state index contributed by atoms with van der Waals surface area (Å²) in [4.78, 5) is 12.5. The fourth-order valence-corrected chi connectivity index (χ4v) is 3.11. The Bertz CT molecular complexity index is 783. The summed E-state index contributed by atoms with van der Waals surface area (Å²) >= 11 is 0. The first kappa shape index (κ1) is 16.5. The minimum atomic E-state index is -0.995. The van der Waals surface area contributed by atoms with E-state index in [9.17, 15) is 9.90 Å². The van der Waals surface area contributed by atoms with Crippen LogP contribution < -0.4 is 14.2 Å². The van der Waals surface area contributed by atoms with Gasteiger partial charge in [0.15, 0.2) is 12.6 Å². The Morgan fingerprint density at radius 3 is 2.62 bits per heavy atom. The van der Waals surface area contributed by atoms with Crippen LogP contribution in [0.1, 0.15) is 22.3 Å². The molecule has 1 atom stereocenters. The lowest BCUT2D eigenvalue weighted by Gasteiger charge is -2.24. The van der Waals surface area contributed by atoms with Crippen LogP contribution in [0.15, 0.2) is 18.2 Å². The van der Waals surface area contributed by atoms with E-state index in [0.29, 0.717) is 41.0 Å². The molecule has 0 saturated heterocycles. The molecule has 0 amide bonds. The number of rotatable bonds is 5. The first-order valence-corrected chi connectivity index (χ1v) is 7.66. The third-order valence-electron chi connectivity index (χ3n) is 4.22. The lowest BCUT2D eigenvalue weighted by atomic mass is 9.85. The van der Waals surface area contributed by atoms with E-state index in [1.165, 1.54) is 14.2 Å². The number of carbonyl (C=O) groups is 1. The van der Waals surface area contributed by atoms with Crippen molar-refractivity contribution in [3.63, 3.8) is 0 Å². The molecule has 1 aliphatic rings. The lowest BCUT2D eigenvalue weighted by molar-refractivity contribution is 0.0520. The summed E-state index contributed by atoms with van der Waals surface area (Å²) in [6.07, 6.45) is 0.0303. The van der Waals surface area contributed by atoms with Gasteiger partial charge in [-0.15, -0.1) is 0 Å². The van der Waals surface area contributed by atoms with Gasteiger partial charge >= 0.3 is 0 Å². The van der Waals surface area contributed by atoms with E-state index < -0.39 is 6.10 Å². The Hall–Kier alpha value is -2.31. The number of methoxy groups -OCH3 is 3. The number of aliphatic hydroxyl groups is 1. The summed E-state index contributed by atoms with van der Waals surface area (Å²) in [5.41, 5.74) is 1.29. The lowest BCUT2D eigenvalue weighted by Crippen LogP contribution is -2.27. The Labute approximate surface area is 139 Å². The molecule has 3 rings (SSSR count). The summed E-state index contributed by atoms with van der Waals surface area (Å²) in [7, 11) is 4.62. The van der Waals surface area contributed by atoms with E-state index in [4.69, 9.17) is 18.9 Å². The molecular formula is C18H20O6. The van der Waals surface area contributed by atoms with Crippen molar-refractivity contribution in [2.45, 2.75) is 18.9 Å². The number of hydrogen-bond acceptors (Lipinski definition) is 6. The molecule has 128 valence electrons. The standard InChI is InChI=1S/C18H20O6/c1-21-9-24-14-8-12(22-2)7-11-6-10-4-5-13(19)17(20)16(10)18(23-3)15(11)14/h6-8,13,19H,4-5,9H2,1-3H3. The number of ketones is 1. The normalized spacial score (nSPS) is 16.8. The molecule has 0 heterocycles. The van der Waals surface area contributed by atoms with Gasteiger partial charge in [0.05, 0.1) is 25.2 Å². The van der Waals surface area contributed by atoms with Gasteiger partial charge in [-0.2, -0.15) is 0 Å². The van der Waals surface area contributed by atoms with E-state index in [1.807, 2.05) is 12.1 Å². The number of benzene rings is 2. The Kier molecular flexibility index (Phi) is 4.59. The molecule has 2 aromatic rings. The summed E-state index contributed by atoms with van der Waals surface area (Å²) in [6, 6.07) is 5.52. The quantitative estimate of drug-likeness (QED) is 0.847. The van der Waals surface area contributed by atoms with E-state index in [2.05, 4.69) is 0 Å². The van der Waals surface area contributed by atoms with Crippen LogP contribution in [0.25, 0.3) is 10.8 Å². The average molecular weight is 332 g/mol. The predicted octanol–water partition coefficient (Wildman–Crippen LogP) is 2.33. The second kappa shape index (κ2) is 6.67. The molecule has 0 spiro atoms. The van der Waals surface area contributed by atoms with E-state index in [-0.39, 0.29) is 12.6 Å². The number of Topliss-reactive ketones (excluding diaryl/α,β-unsaturated/α-hetero) is 1. The Morgan fingerprint density at radius 2 is 1.96 bits per heavy atom. The minimum absolute atomic E-state index is 0.0546. The molecule has 0 bridgehead atoms. The molecule has 0 fully saturated rings. The van der Waals surface area contributed by atoms with Crippen LogP contribution in [-0.2, 0) is 11.2 Å². The Morgan fingerprint density at radius 1 is 1.17 bits per heavy atom. The van der Waals surface area contributed by atoms with Crippen LogP contribution in [0.4, 0.5) is 0 Å². The van der Waals surface area contributed by atoms with Crippen molar-refractivity contribution >= 4 is 16.6 Å². The molecule has 1 unspecified atom stereocenters. The van der Waals surface area contributed by atoms with Gasteiger partial charge in [0, 0.05) is 13.2 Å². The van der Waals surface area contributed by atoms with Crippen molar-refractivity contribution in [3.8, 4) is 17.2 Å². The Balaban J connectivity index is 2.32. The number of fused-ring (bicyclic) bond motifs is 2. The highest BCUT2D eigenvalue weighted by Crippen LogP contribution is 2.43. The fraction of sp³-hybridized carbons (Fsp3) is 0.389. The smallest absolute Gasteiger partial charge is 0.195 e. The predicted molar refractivity (Wildman–Crippen MR) is 88.2 cm³/mol. The summed E-state index contributed by atoms with van der Waals surface area (Å²) in [6.45, 7) is 0.0546. The van der Waals surface area contributed by atoms with Crippen molar-refractivity contribution < 1.29 is 28.8 Å². The van der Waals surface area contributed by atoms with Crippen molar-refractivity contribution in [1.29, 1.82) is 0 Å². The van der Waals surface area contributed by atoms with E-state index >= 15 is 0 Å². The molecule has 24 heavy (non-hydrogen) atoms.